The van der Waals surface area contributed by atoms with Crippen molar-refractivity contribution in [3.63, 3.8) is 0 Å². The number of amides is 1. The highest BCUT2D eigenvalue weighted by Gasteiger charge is 2.27. The van der Waals surface area contributed by atoms with Gasteiger partial charge in [-0.25, -0.2) is 17.6 Å². The molecular weight excluding hydrogens is 434 g/mol. The number of alkyl halides is 2. The molecule has 0 spiro atoms. The van der Waals surface area contributed by atoms with Crippen molar-refractivity contribution >= 4 is 16.9 Å². The summed E-state index contributed by atoms with van der Waals surface area (Å²) in [6.45, 7) is 2.69. The second kappa shape index (κ2) is 10.4. The molecule has 178 valence electrons. The second-order valence-electron chi connectivity index (χ2n) is 7.97. The van der Waals surface area contributed by atoms with Gasteiger partial charge in [0, 0.05) is 26.1 Å². The number of hydrogen-bond acceptors (Lipinski definition) is 5. The lowest BCUT2D eigenvalue weighted by Gasteiger charge is -2.29. The van der Waals surface area contributed by atoms with Crippen molar-refractivity contribution in [2.45, 2.75) is 64.2 Å². The normalized spacial score (nSPS) is 19.9. The highest BCUT2D eigenvalue weighted by atomic mass is 19.3. The topological polar surface area (TPSA) is 74.6 Å². The fourth-order valence-electron chi connectivity index (χ4n) is 3.76. The van der Waals surface area contributed by atoms with Gasteiger partial charge in [-0.2, -0.15) is 4.98 Å². The molecule has 0 saturated heterocycles. The van der Waals surface area contributed by atoms with Crippen molar-refractivity contribution in [1.29, 1.82) is 0 Å². The maximum atomic E-state index is 14.7. The van der Waals surface area contributed by atoms with Gasteiger partial charge in [0.05, 0.1) is 12.7 Å². The van der Waals surface area contributed by atoms with Gasteiger partial charge in [-0.1, -0.05) is 0 Å². The average Bonchev–Trinajstić information content (AvgIpc) is 3.05. The minimum atomic E-state index is -2.81. The summed E-state index contributed by atoms with van der Waals surface area (Å²) in [4.78, 5) is 15.1. The number of aryl methyl sites for hydroxylation is 1. The van der Waals surface area contributed by atoms with Crippen LogP contribution in [0.1, 0.15) is 39.5 Å². The monoisotopic (exact) mass is 461 g/mol. The molecule has 1 fully saturated rings. The number of fused-ring (bicyclic) bond motifs is 1. The first kappa shape index (κ1) is 24.1. The van der Waals surface area contributed by atoms with Crippen LogP contribution in [0.15, 0.2) is 6.07 Å². The first-order valence-corrected chi connectivity index (χ1v) is 10.5. The molecule has 0 bridgehead atoms. The Morgan fingerprint density at radius 2 is 1.88 bits per heavy atom. The van der Waals surface area contributed by atoms with Crippen molar-refractivity contribution in [2.24, 2.45) is 7.05 Å². The van der Waals surface area contributed by atoms with Gasteiger partial charge in [0.25, 0.3) is 12.4 Å². The van der Waals surface area contributed by atoms with E-state index < -0.39 is 30.4 Å². The first-order chi connectivity index (χ1) is 15.2. The summed E-state index contributed by atoms with van der Waals surface area (Å²) in [5.74, 6) is -2.57. The number of carbonyl (C=O) groups excluding carboxylic acids is 1. The maximum absolute atomic E-state index is 14.7. The maximum Gasteiger partial charge on any atom is 0.297 e. The Morgan fingerprint density at radius 1 is 1.22 bits per heavy atom. The van der Waals surface area contributed by atoms with Crippen LogP contribution in [0.3, 0.4) is 0 Å². The summed E-state index contributed by atoms with van der Waals surface area (Å²) in [7, 11) is 1.46. The van der Waals surface area contributed by atoms with E-state index >= 15 is 0 Å². The van der Waals surface area contributed by atoms with Crippen LogP contribution in [0, 0.1) is 11.6 Å². The lowest BCUT2D eigenvalue weighted by molar-refractivity contribution is -0.120. The van der Waals surface area contributed by atoms with Crippen molar-refractivity contribution in [1.82, 2.24) is 14.9 Å². The molecule has 0 unspecified atom stereocenters. The number of benzene rings is 1. The standard InChI is InChI=1S/C21H27F4N3O4/c1-11(26-12(2)29)9-30-13-4-6-14(7-5-13)32-21-27-19-15(22)8-16(31-10-17(23)24)18(25)20(19)28(21)3/h8,11,13-14,17H,4-7,9-10H2,1-3H3,(H,26,29)/t11-,13-,14-/m0/s1. The Balaban J connectivity index is 1.62. The number of halogens is 4. The Bertz CT molecular complexity index is 945. The SMILES string of the molecule is CC(=O)N[C@@H](C)CO[C@H]1CC[C@H](Oc2nc3c(F)cc(OCC(F)F)c(F)c3n2C)CC1. The van der Waals surface area contributed by atoms with Crippen LogP contribution in [0.2, 0.25) is 0 Å². The van der Waals surface area contributed by atoms with E-state index in [1.807, 2.05) is 6.92 Å². The zero-order valence-electron chi connectivity index (χ0n) is 18.2. The van der Waals surface area contributed by atoms with Crippen LogP contribution in [0.25, 0.3) is 11.0 Å². The lowest BCUT2D eigenvalue weighted by Crippen LogP contribution is -2.37. The van der Waals surface area contributed by atoms with Gasteiger partial charge in [-0.15, -0.1) is 0 Å². The molecule has 0 aliphatic heterocycles. The van der Waals surface area contributed by atoms with E-state index in [2.05, 4.69) is 10.3 Å². The van der Waals surface area contributed by atoms with E-state index in [9.17, 15) is 22.4 Å². The summed E-state index contributed by atoms with van der Waals surface area (Å²) >= 11 is 0. The zero-order chi connectivity index (χ0) is 23.4. The Labute approximate surface area is 183 Å². The minimum Gasteiger partial charge on any atom is -0.484 e. The quantitative estimate of drug-likeness (QED) is 0.576. The molecule has 1 amide bonds. The second-order valence-corrected chi connectivity index (χ2v) is 7.97. The fraction of sp³-hybridized carbons (Fsp3) is 0.619. The third-order valence-electron chi connectivity index (χ3n) is 5.25. The van der Waals surface area contributed by atoms with E-state index in [-0.39, 0.29) is 41.2 Å². The predicted octanol–water partition coefficient (Wildman–Crippen LogP) is 3.73. The van der Waals surface area contributed by atoms with Gasteiger partial charge in [0.1, 0.15) is 23.7 Å². The van der Waals surface area contributed by atoms with Gasteiger partial charge in [0.15, 0.2) is 17.4 Å². The van der Waals surface area contributed by atoms with Gasteiger partial charge in [-0.05, 0) is 32.6 Å². The minimum absolute atomic E-state index is 0.0347. The summed E-state index contributed by atoms with van der Waals surface area (Å²) in [5.41, 5.74) is -0.471. The number of imidazole rings is 1. The summed E-state index contributed by atoms with van der Waals surface area (Å²) in [6, 6.07) is 0.662. The molecule has 1 aliphatic rings. The molecule has 2 aromatic rings. The molecule has 1 N–H and O–H groups in total. The molecule has 1 heterocycles. The van der Waals surface area contributed by atoms with E-state index in [0.717, 1.165) is 12.8 Å². The van der Waals surface area contributed by atoms with Crippen molar-refractivity contribution < 1.29 is 36.6 Å². The number of ether oxygens (including phenoxy) is 3. The van der Waals surface area contributed by atoms with Crippen molar-refractivity contribution in [3.8, 4) is 11.8 Å². The van der Waals surface area contributed by atoms with Crippen LogP contribution in [0.4, 0.5) is 17.6 Å². The van der Waals surface area contributed by atoms with E-state index in [1.165, 1.54) is 18.5 Å². The van der Waals surface area contributed by atoms with Gasteiger partial charge < -0.3 is 19.5 Å². The number of nitrogens with one attached hydrogen (secondary N) is 1. The highest BCUT2D eigenvalue weighted by molar-refractivity contribution is 5.80. The van der Waals surface area contributed by atoms with E-state index in [4.69, 9.17) is 14.2 Å². The van der Waals surface area contributed by atoms with Gasteiger partial charge >= 0.3 is 0 Å². The van der Waals surface area contributed by atoms with Crippen molar-refractivity contribution in [3.05, 3.63) is 17.7 Å². The number of rotatable bonds is 9. The third-order valence-corrected chi connectivity index (χ3v) is 5.25. The molecular formula is C21H27F4N3O4. The Kier molecular flexibility index (Phi) is 7.81. The Morgan fingerprint density at radius 3 is 2.50 bits per heavy atom. The smallest absolute Gasteiger partial charge is 0.297 e. The first-order valence-electron chi connectivity index (χ1n) is 10.5. The number of carbonyl (C=O) groups is 1. The number of hydrogen-bond donors (Lipinski definition) is 1. The molecule has 11 heteroatoms. The van der Waals surface area contributed by atoms with E-state index in [1.54, 1.807) is 0 Å². The molecule has 1 saturated carbocycles. The zero-order valence-corrected chi connectivity index (χ0v) is 18.2. The molecule has 1 aromatic carbocycles. The number of aromatic nitrogens is 2. The van der Waals surface area contributed by atoms with Crippen LogP contribution in [0.5, 0.6) is 11.8 Å². The molecule has 1 aliphatic carbocycles. The van der Waals surface area contributed by atoms with E-state index in [0.29, 0.717) is 25.5 Å². The largest absolute Gasteiger partial charge is 0.484 e. The summed E-state index contributed by atoms with van der Waals surface area (Å²) in [6.07, 6.45) is -0.196. The van der Waals surface area contributed by atoms with Crippen molar-refractivity contribution in [2.75, 3.05) is 13.2 Å². The molecule has 3 rings (SSSR count). The third kappa shape index (κ3) is 5.81. The van der Waals surface area contributed by atoms with Gasteiger partial charge in [-0.3, -0.25) is 9.36 Å². The van der Waals surface area contributed by atoms with Crippen LogP contribution in [-0.4, -0.2) is 53.3 Å². The van der Waals surface area contributed by atoms with Crippen LogP contribution >= 0.6 is 0 Å². The molecule has 1 aromatic heterocycles. The summed E-state index contributed by atoms with van der Waals surface area (Å²) in [5, 5.41) is 2.76. The Hall–Kier alpha value is -2.56. The lowest BCUT2D eigenvalue weighted by atomic mass is 9.95. The molecule has 1 atom stereocenters. The van der Waals surface area contributed by atoms with Crippen LogP contribution < -0.4 is 14.8 Å². The average molecular weight is 461 g/mol. The van der Waals surface area contributed by atoms with Crippen LogP contribution in [-0.2, 0) is 16.6 Å². The summed E-state index contributed by atoms with van der Waals surface area (Å²) < 4.78 is 71.5. The van der Waals surface area contributed by atoms with Gasteiger partial charge in [0.2, 0.25) is 5.91 Å². The highest BCUT2D eigenvalue weighted by Crippen LogP contribution is 2.33. The number of nitrogens with zero attached hydrogens (tertiary/aromatic N) is 2. The predicted molar refractivity (Wildman–Crippen MR) is 108 cm³/mol. The molecule has 0 radical (unpaired) electrons. The molecule has 32 heavy (non-hydrogen) atoms. The molecule has 7 nitrogen and oxygen atoms in total. The fourth-order valence-corrected chi connectivity index (χ4v) is 3.76.